The topological polar surface area (TPSA) is 95.7 Å². The van der Waals surface area contributed by atoms with Gasteiger partial charge in [-0.1, -0.05) is 5.16 Å². The van der Waals surface area contributed by atoms with E-state index >= 15 is 0 Å². The van der Waals surface area contributed by atoms with Crippen molar-refractivity contribution >= 4 is 17.1 Å². The number of aromatic nitrogens is 5. The lowest BCUT2D eigenvalue weighted by atomic mass is 10.4. The van der Waals surface area contributed by atoms with Crippen molar-refractivity contribution in [3.05, 3.63) is 30.0 Å². The molecule has 0 saturated heterocycles. The monoisotopic (exact) mass is 230 g/mol. The highest BCUT2D eigenvalue weighted by atomic mass is 16.5. The predicted molar refractivity (Wildman–Crippen MR) is 60.1 cm³/mol. The Morgan fingerprint density at radius 2 is 2.29 bits per heavy atom. The molecule has 0 aliphatic carbocycles. The van der Waals surface area contributed by atoms with Crippen molar-refractivity contribution in [2.24, 2.45) is 0 Å². The molecule has 0 aliphatic heterocycles. The van der Waals surface area contributed by atoms with E-state index in [-0.39, 0.29) is 0 Å². The molecular weight excluding hydrogens is 220 g/mol. The summed E-state index contributed by atoms with van der Waals surface area (Å²) in [7, 11) is 0. The maximum atomic E-state index is 5.83. The van der Waals surface area contributed by atoms with E-state index in [1.165, 1.54) is 0 Å². The van der Waals surface area contributed by atoms with E-state index in [4.69, 9.17) is 10.3 Å². The van der Waals surface area contributed by atoms with Gasteiger partial charge >= 0.3 is 0 Å². The Morgan fingerprint density at radius 3 is 3.06 bits per heavy atom. The van der Waals surface area contributed by atoms with E-state index in [1.807, 2.05) is 12.1 Å². The highest BCUT2D eigenvalue weighted by Crippen LogP contribution is 2.15. The van der Waals surface area contributed by atoms with Gasteiger partial charge in [0.2, 0.25) is 11.8 Å². The molecule has 7 nitrogen and oxygen atoms in total. The van der Waals surface area contributed by atoms with E-state index < -0.39 is 0 Å². The summed E-state index contributed by atoms with van der Waals surface area (Å²) >= 11 is 0. The molecule has 0 spiro atoms. The summed E-state index contributed by atoms with van der Waals surface area (Å²) in [5.74, 6) is 1.47. The van der Waals surface area contributed by atoms with Gasteiger partial charge < -0.3 is 10.3 Å². The van der Waals surface area contributed by atoms with Gasteiger partial charge in [0.1, 0.15) is 5.52 Å². The Morgan fingerprint density at radius 1 is 1.41 bits per heavy atom. The maximum absolute atomic E-state index is 5.83. The molecule has 3 aromatic rings. The van der Waals surface area contributed by atoms with Gasteiger partial charge in [-0.15, -0.1) is 0 Å². The van der Waals surface area contributed by atoms with Crippen molar-refractivity contribution in [3.8, 4) is 0 Å². The lowest BCUT2D eigenvalue weighted by Gasteiger charge is -2.00. The second-order valence-corrected chi connectivity index (χ2v) is 3.63. The summed E-state index contributed by atoms with van der Waals surface area (Å²) < 4.78 is 6.66. The minimum Gasteiger partial charge on any atom is -0.369 e. The van der Waals surface area contributed by atoms with Crippen LogP contribution in [0.15, 0.2) is 22.9 Å². The van der Waals surface area contributed by atoms with Gasteiger partial charge in [0.05, 0.1) is 6.54 Å². The number of aryl methyl sites for hydroxylation is 1. The zero-order chi connectivity index (χ0) is 11.8. The SMILES string of the molecule is Cc1nc(Cn2c(N)nc3cccnc32)no1. The lowest BCUT2D eigenvalue weighted by Crippen LogP contribution is -2.06. The van der Waals surface area contributed by atoms with E-state index in [1.54, 1.807) is 17.7 Å². The number of pyridine rings is 1. The van der Waals surface area contributed by atoms with Crippen LogP contribution < -0.4 is 5.73 Å². The largest absolute Gasteiger partial charge is 0.369 e. The first kappa shape index (κ1) is 9.76. The third-order valence-corrected chi connectivity index (χ3v) is 2.40. The first-order valence-electron chi connectivity index (χ1n) is 5.10. The molecule has 3 heterocycles. The molecule has 0 radical (unpaired) electrons. The standard InChI is InChI=1S/C10H10N6O/c1-6-13-8(15-17-6)5-16-9-7(14-10(16)11)3-2-4-12-9/h2-4H,5H2,1H3,(H2,11,14). The third kappa shape index (κ3) is 1.61. The summed E-state index contributed by atoms with van der Waals surface area (Å²) in [6, 6.07) is 3.67. The van der Waals surface area contributed by atoms with Gasteiger partial charge in [-0.05, 0) is 12.1 Å². The van der Waals surface area contributed by atoms with Gasteiger partial charge in [-0.3, -0.25) is 4.57 Å². The van der Waals surface area contributed by atoms with Crippen molar-refractivity contribution in [3.63, 3.8) is 0 Å². The van der Waals surface area contributed by atoms with Crippen LogP contribution in [0.25, 0.3) is 11.2 Å². The Hall–Kier alpha value is -2.44. The minimum atomic E-state index is 0.390. The molecule has 0 unspecified atom stereocenters. The number of nitrogen functional groups attached to an aromatic ring is 1. The van der Waals surface area contributed by atoms with Gasteiger partial charge in [0, 0.05) is 13.1 Å². The average molecular weight is 230 g/mol. The molecule has 17 heavy (non-hydrogen) atoms. The number of nitrogens with zero attached hydrogens (tertiary/aromatic N) is 5. The number of imidazole rings is 1. The molecule has 0 aromatic carbocycles. The molecule has 0 saturated carbocycles. The molecule has 86 valence electrons. The van der Waals surface area contributed by atoms with E-state index in [9.17, 15) is 0 Å². The zero-order valence-corrected chi connectivity index (χ0v) is 9.16. The van der Waals surface area contributed by atoms with Gasteiger partial charge in [0.25, 0.3) is 0 Å². The zero-order valence-electron chi connectivity index (χ0n) is 9.16. The first-order valence-corrected chi connectivity index (χ1v) is 5.10. The molecule has 0 amide bonds. The Kier molecular flexibility index (Phi) is 2.04. The summed E-state index contributed by atoms with van der Waals surface area (Å²) in [4.78, 5) is 12.6. The maximum Gasteiger partial charge on any atom is 0.223 e. The Bertz CT molecular complexity index is 670. The number of anilines is 1. The average Bonchev–Trinajstić information content (AvgIpc) is 2.85. The van der Waals surface area contributed by atoms with Crippen molar-refractivity contribution in [1.29, 1.82) is 0 Å². The van der Waals surface area contributed by atoms with E-state index in [0.717, 1.165) is 5.52 Å². The number of nitrogens with two attached hydrogens (primary N) is 1. The highest BCUT2D eigenvalue weighted by Gasteiger charge is 2.11. The fourth-order valence-electron chi connectivity index (χ4n) is 1.68. The lowest BCUT2D eigenvalue weighted by molar-refractivity contribution is 0.386. The Balaban J connectivity index is 2.08. The summed E-state index contributed by atoms with van der Waals surface area (Å²) in [5.41, 5.74) is 7.30. The molecule has 0 atom stereocenters. The molecule has 3 rings (SSSR count). The van der Waals surface area contributed by atoms with Crippen LogP contribution in [-0.2, 0) is 6.54 Å². The third-order valence-electron chi connectivity index (χ3n) is 2.40. The van der Waals surface area contributed by atoms with Crippen LogP contribution in [0.4, 0.5) is 5.95 Å². The number of hydrogen-bond acceptors (Lipinski definition) is 6. The molecule has 3 aromatic heterocycles. The van der Waals surface area contributed by atoms with Crippen molar-refractivity contribution < 1.29 is 4.52 Å². The molecule has 2 N–H and O–H groups in total. The number of hydrogen-bond donors (Lipinski definition) is 1. The number of rotatable bonds is 2. The number of fused-ring (bicyclic) bond motifs is 1. The fourth-order valence-corrected chi connectivity index (χ4v) is 1.68. The van der Waals surface area contributed by atoms with E-state index in [0.29, 0.717) is 29.9 Å². The van der Waals surface area contributed by atoms with Crippen LogP contribution in [-0.4, -0.2) is 24.7 Å². The second kappa shape index (κ2) is 3.55. The summed E-state index contributed by atoms with van der Waals surface area (Å²) in [6.45, 7) is 2.14. The quantitative estimate of drug-likeness (QED) is 0.698. The van der Waals surface area contributed by atoms with Crippen molar-refractivity contribution in [2.75, 3.05) is 5.73 Å². The Labute approximate surface area is 96.3 Å². The van der Waals surface area contributed by atoms with Gasteiger partial charge in [-0.2, -0.15) is 4.98 Å². The van der Waals surface area contributed by atoms with Crippen LogP contribution in [0.1, 0.15) is 11.7 Å². The first-order chi connectivity index (χ1) is 8.24. The van der Waals surface area contributed by atoms with E-state index in [2.05, 4.69) is 20.1 Å². The molecule has 0 aliphatic rings. The highest BCUT2D eigenvalue weighted by molar-refractivity contribution is 5.73. The molecule has 7 heteroatoms. The normalized spacial score (nSPS) is 11.1. The summed E-state index contributed by atoms with van der Waals surface area (Å²) in [5, 5.41) is 3.82. The van der Waals surface area contributed by atoms with Crippen molar-refractivity contribution in [1.82, 2.24) is 24.7 Å². The van der Waals surface area contributed by atoms with Crippen LogP contribution in [0, 0.1) is 6.92 Å². The molecule has 0 fully saturated rings. The van der Waals surface area contributed by atoms with Gasteiger partial charge in [0.15, 0.2) is 11.5 Å². The molecule has 0 bridgehead atoms. The van der Waals surface area contributed by atoms with Crippen LogP contribution in [0.2, 0.25) is 0 Å². The second-order valence-electron chi connectivity index (χ2n) is 3.63. The van der Waals surface area contributed by atoms with Crippen LogP contribution in [0.3, 0.4) is 0 Å². The van der Waals surface area contributed by atoms with Crippen LogP contribution in [0.5, 0.6) is 0 Å². The van der Waals surface area contributed by atoms with Gasteiger partial charge in [-0.25, -0.2) is 9.97 Å². The fraction of sp³-hybridized carbons (Fsp3) is 0.200. The molecular formula is C10H10N6O. The minimum absolute atomic E-state index is 0.390. The van der Waals surface area contributed by atoms with Crippen molar-refractivity contribution in [2.45, 2.75) is 13.5 Å². The van der Waals surface area contributed by atoms with Crippen LogP contribution >= 0.6 is 0 Å². The predicted octanol–water partition coefficient (Wildman–Crippen LogP) is 0.753. The summed E-state index contributed by atoms with van der Waals surface area (Å²) in [6.07, 6.45) is 1.70. The smallest absolute Gasteiger partial charge is 0.223 e.